The van der Waals surface area contributed by atoms with Crippen molar-refractivity contribution >= 4 is 27.4 Å². The van der Waals surface area contributed by atoms with Crippen LogP contribution in [0, 0.1) is 0 Å². The Morgan fingerprint density at radius 3 is 2.39 bits per heavy atom. The van der Waals surface area contributed by atoms with E-state index in [0.29, 0.717) is 55.9 Å². The summed E-state index contributed by atoms with van der Waals surface area (Å²) >= 11 is 0. The summed E-state index contributed by atoms with van der Waals surface area (Å²) in [6, 6.07) is 8.60. The van der Waals surface area contributed by atoms with Crippen LogP contribution >= 0.6 is 0 Å². The molecule has 1 fully saturated rings. The Kier molecular flexibility index (Phi) is 6.80. The normalized spacial score (nSPS) is 14.9. The summed E-state index contributed by atoms with van der Waals surface area (Å²) in [5, 5.41) is 5.42. The van der Waals surface area contributed by atoms with Crippen molar-refractivity contribution in [2.45, 2.75) is 25.5 Å². The lowest BCUT2D eigenvalue weighted by molar-refractivity contribution is 0.122. The van der Waals surface area contributed by atoms with Crippen LogP contribution in [0.25, 0.3) is 11.4 Å². The molecule has 10 heteroatoms. The molecule has 2 amide bonds. The minimum atomic E-state index is -3.42. The Bertz CT molecular complexity index is 1030. The lowest BCUT2D eigenvalue weighted by atomic mass is 10.1. The van der Waals surface area contributed by atoms with Crippen LogP contribution in [-0.2, 0) is 19.3 Å². The van der Waals surface area contributed by atoms with Gasteiger partial charge in [0, 0.05) is 43.2 Å². The van der Waals surface area contributed by atoms with E-state index in [-0.39, 0.29) is 6.03 Å². The third-order valence-corrected chi connectivity index (χ3v) is 7.39. The fourth-order valence-corrected chi connectivity index (χ4v) is 3.54. The third-order valence-electron chi connectivity index (χ3n) is 5.33. The molecule has 2 heterocycles. The molecular formula is C21H29N5O4S. The van der Waals surface area contributed by atoms with Gasteiger partial charge >= 0.3 is 6.03 Å². The summed E-state index contributed by atoms with van der Waals surface area (Å²) in [5.74, 6) is 1.10. The molecule has 168 valence electrons. The molecule has 1 saturated heterocycles. The van der Waals surface area contributed by atoms with Crippen molar-refractivity contribution in [1.82, 2.24) is 15.3 Å². The smallest absolute Gasteiger partial charge is 0.319 e. The summed E-state index contributed by atoms with van der Waals surface area (Å²) in [5.41, 5.74) is 1.80. The predicted octanol–water partition coefficient (Wildman–Crippen LogP) is 2.40. The van der Waals surface area contributed by atoms with Crippen LogP contribution in [0.4, 0.5) is 16.3 Å². The van der Waals surface area contributed by atoms with Gasteiger partial charge in [-0.25, -0.2) is 23.2 Å². The highest BCUT2D eigenvalue weighted by atomic mass is 32.2. The summed E-state index contributed by atoms with van der Waals surface area (Å²) in [6.45, 7) is 8.19. The SMILES string of the molecule is CCNC(=O)Nc1ccc(-c2nc(N3CCOCC3)cc(C(C)(C)S(C)(=O)=O)n2)cc1. The Hall–Kier alpha value is -2.72. The number of sulfone groups is 1. The van der Waals surface area contributed by atoms with Gasteiger partial charge in [0.2, 0.25) is 0 Å². The largest absolute Gasteiger partial charge is 0.378 e. The highest BCUT2D eigenvalue weighted by molar-refractivity contribution is 7.91. The molecular weight excluding hydrogens is 418 g/mol. The van der Waals surface area contributed by atoms with Crippen LogP contribution in [-0.4, -0.2) is 63.5 Å². The number of carbonyl (C=O) groups excluding carboxylic acids is 1. The molecule has 2 aromatic rings. The summed E-state index contributed by atoms with van der Waals surface area (Å²) in [6.07, 6.45) is 1.21. The number of ether oxygens (including phenoxy) is 1. The van der Waals surface area contributed by atoms with Gasteiger partial charge in [-0.2, -0.15) is 0 Å². The molecule has 0 unspecified atom stereocenters. The van der Waals surface area contributed by atoms with Gasteiger partial charge in [-0.05, 0) is 45.0 Å². The van der Waals surface area contributed by atoms with E-state index in [1.807, 2.05) is 6.92 Å². The van der Waals surface area contributed by atoms with Gasteiger partial charge in [0.25, 0.3) is 0 Å². The van der Waals surface area contributed by atoms with Gasteiger partial charge in [0.15, 0.2) is 15.7 Å². The number of nitrogens with one attached hydrogen (secondary N) is 2. The maximum Gasteiger partial charge on any atom is 0.319 e. The number of hydrogen-bond donors (Lipinski definition) is 2. The van der Waals surface area contributed by atoms with Crippen LogP contribution in [0.15, 0.2) is 30.3 Å². The predicted molar refractivity (Wildman–Crippen MR) is 121 cm³/mol. The summed E-state index contributed by atoms with van der Waals surface area (Å²) in [7, 11) is -3.42. The number of urea groups is 1. The number of rotatable bonds is 6. The summed E-state index contributed by atoms with van der Waals surface area (Å²) < 4.78 is 29.2. The van der Waals surface area contributed by atoms with Crippen molar-refractivity contribution in [2.24, 2.45) is 0 Å². The van der Waals surface area contributed by atoms with Gasteiger partial charge in [-0.1, -0.05) is 0 Å². The first-order valence-corrected chi connectivity index (χ1v) is 12.1. The topological polar surface area (TPSA) is 114 Å². The standard InChI is InChI=1S/C21H29N5O4S/c1-5-22-20(27)23-16-8-6-15(7-9-16)19-24-17(21(2,3)31(4,28)29)14-18(25-19)26-10-12-30-13-11-26/h6-9,14H,5,10-13H2,1-4H3,(H2,22,23,27). The maximum atomic E-state index is 12.4. The number of hydrogen-bond acceptors (Lipinski definition) is 7. The molecule has 0 aliphatic carbocycles. The number of aromatic nitrogens is 2. The molecule has 1 aromatic carbocycles. The van der Waals surface area contributed by atoms with E-state index in [1.165, 1.54) is 6.26 Å². The fraction of sp³-hybridized carbons (Fsp3) is 0.476. The van der Waals surface area contributed by atoms with E-state index in [2.05, 4.69) is 20.5 Å². The van der Waals surface area contributed by atoms with Gasteiger partial charge in [0.05, 0.1) is 18.9 Å². The molecule has 0 spiro atoms. The number of morpholine rings is 1. The second-order valence-corrected chi connectivity index (χ2v) is 10.4. The van der Waals surface area contributed by atoms with Crippen molar-refractivity contribution in [3.8, 4) is 11.4 Å². The highest BCUT2D eigenvalue weighted by Crippen LogP contribution is 2.32. The van der Waals surface area contributed by atoms with Crippen molar-refractivity contribution in [3.05, 3.63) is 36.0 Å². The molecule has 3 rings (SSSR count). The molecule has 31 heavy (non-hydrogen) atoms. The van der Waals surface area contributed by atoms with E-state index in [4.69, 9.17) is 9.72 Å². The molecule has 1 aromatic heterocycles. The zero-order valence-electron chi connectivity index (χ0n) is 18.3. The summed E-state index contributed by atoms with van der Waals surface area (Å²) in [4.78, 5) is 23.1. The molecule has 1 aliphatic heterocycles. The Balaban J connectivity index is 2.00. The second-order valence-electron chi connectivity index (χ2n) is 7.88. The number of amides is 2. The first-order valence-electron chi connectivity index (χ1n) is 10.2. The van der Waals surface area contributed by atoms with Crippen molar-refractivity contribution in [1.29, 1.82) is 0 Å². The zero-order valence-corrected chi connectivity index (χ0v) is 19.1. The molecule has 0 radical (unpaired) electrons. The van der Waals surface area contributed by atoms with Crippen LogP contribution < -0.4 is 15.5 Å². The highest BCUT2D eigenvalue weighted by Gasteiger charge is 2.35. The minimum absolute atomic E-state index is 0.280. The number of benzene rings is 1. The van der Waals surface area contributed by atoms with E-state index in [9.17, 15) is 13.2 Å². The molecule has 1 aliphatic rings. The maximum absolute atomic E-state index is 12.4. The van der Waals surface area contributed by atoms with Crippen molar-refractivity contribution in [3.63, 3.8) is 0 Å². The van der Waals surface area contributed by atoms with E-state index >= 15 is 0 Å². The number of nitrogens with zero attached hydrogens (tertiary/aromatic N) is 3. The van der Waals surface area contributed by atoms with Crippen molar-refractivity contribution < 1.29 is 17.9 Å². The lowest BCUT2D eigenvalue weighted by Gasteiger charge is -2.30. The average Bonchev–Trinajstić information content (AvgIpc) is 2.74. The van der Waals surface area contributed by atoms with Crippen LogP contribution in [0.2, 0.25) is 0 Å². The Morgan fingerprint density at radius 2 is 1.81 bits per heavy atom. The second kappa shape index (κ2) is 9.19. The Labute approximate surface area is 183 Å². The lowest BCUT2D eigenvalue weighted by Crippen LogP contribution is -2.37. The zero-order chi connectivity index (χ0) is 22.6. The fourth-order valence-electron chi connectivity index (χ4n) is 3.05. The quantitative estimate of drug-likeness (QED) is 0.699. The first-order chi connectivity index (χ1) is 14.6. The number of anilines is 2. The van der Waals surface area contributed by atoms with E-state index in [0.717, 1.165) is 5.56 Å². The average molecular weight is 448 g/mol. The number of carbonyl (C=O) groups is 1. The minimum Gasteiger partial charge on any atom is -0.378 e. The molecule has 0 bridgehead atoms. The molecule has 0 atom stereocenters. The van der Waals surface area contributed by atoms with Gasteiger partial charge in [0.1, 0.15) is 10.6 Å². The van der Waals surface area contributed by atoms with E-state index in [1.54, 1.807) is 44.2 Å². The monoisotopic (exact) mass is 447 g/mol. The van der Waals surface area contributed by atoms with Crippen molar-refractivity contribution in [2.75, 3.05) is 49.3 Å². The third kappa shape index (κ3) is 5.31. The van der Waals surface area contributed by atoms with Gasteiger partial charge in [-0.3, -0.25) is 0 Å². The van der Waals surface area contributed by atoms with Crippen LogP contribution in [0.5, 0.6) is 0 Å². The Morgan fingerprint density at radius 1 is 1.16 bits per heavy atom. The van der Waals surface area contributed by atoms with Gasteiger partial charge in [-0.15, -0.1) is 0 Å². The first kappa shape index (κ1) is 23.0. The molecule has 9 nitrogen and oxygen atoms in total. The molecule has 0 saturated carbocycles. The van der Waals surface area contributed by atoms with Gasteiger partial charge < -0.3 is 20.3 Å². The molecule has 2 N–H and O–H groups in total. The van der Waals surface area contributed by atoms with E-state index < -0.39 is 14.6 Å². The van der Waals surface area contributed by atoms with Crippen LogP contribution in [0.1, 0.15) is 26.5 Å². The van der Waals surface area contributed by atoms with Crippen LogP contribution in [0.3, 0.4) is 0 Å².